The molecule has 0 saturated heterocycles. The fourth-order valence-corrected chi connectivity index (χ4v) is 2.78. The van der Waals surface area contributed by atoms with Crippen LogP contribution in [0.5, 0.6) is 0 Å². The number of aromatic nitrogens is 1. The fourth-order valence-electron chi connectivity index (χ4n) is 1.99. The molecule has 1 heterocycles. The van der Waals surface area contributed by atoms with Crippen molar-refractivity contribution in [1.29, 1.82) is 0 Å². The Balaban J connectivity index is 2.75. The average Bonchev–Trinajstić information content (AvgIpc) is 2.49. The van der Waals surface area contributed by atoms with Gasteiger partial charge in [0.15, 0.2) is 0 Å². The van der Waals surface area contributed by atoms with Crippen LogP contribution in [0.4, 0.5) is 5.69 Å². The maximum absolute atomic E-state index is 12.2. The van der Waals surface area contributed by atoms with E-state index in [1.807, 2.05) is 11.8 Å². The lowest BCUT2D eigenvalue weighted by atomic mass is 10.0. The average molecular weight is 281 g/mol. The van der Waals surface area contributed by atoms with Crippen molar-refractivity contribution in [2.45, 2.75) is 31.4 Å². The van der Waals surface area contributed by atoms with E-state index < -0.39 is 0 Å². The molecule has 0 bridgehead atoms. The number of nitrogens with zero attached hydrogens (tertiary/aromatic N) is 1. The molecule has 0 fully saturated rings. The highest BCUT2D eigenvalue weighted by atomic mass is 32.2. The Kier molecular flexibility index (Phi) is 6.15. The van der Waals surface area contributed by atoms with E-state index in [9.17, 15) is 4.79 Å². The number of carbonyl (C=O) groups is 1. The molecule has 1 aromatic heterocycles. The Labute approximate surface area is 119 Å². The Morgan fingerprint density at radius 3 is 2.63 bits per heavy atom. The second kappa shape index (κ2) is 7.38. The van der Waals surface area contributed by atoms with Crippen LogP contribution in [0.25, 0.3) is 0 Å². The molecule has 0 spiro atoms. The van der Waals surface area contributed by atoms with E-state index in [0.717, 1.165) is 18.5 Å². The molecule has 2 N–H and O–H groups in total. The first kappa shape index (κ1) is 15.8. The van der Waals surface area contributed by atoms with Crippen molar-refractivity contribution in [2.75, 3.05) is 25.2 Å². The first-order chi connectivity index (χ1) is 9.12. The Bertz CT molecular complexity index is 411. The number of hydrogen-bond donors (Lipinski definition) is 2. The molecule has 0 aliphatic rings. The maximum Gasteiger partial charge on any atom is 0.255 e. The van der Waals surface area contributed by atoms with Crippen molar-refractivity contribution >= 4 is 23.4 Å². The minimum Gasteiger partial charge on any atom is -0.387 e. The highest BCUT2D eigenvalue weighted by molar-refractivity contribution is 8.00. The van der Waals surface area contributed by atoms with Gasteiger partial charge >= 0.3 is 0 Å². The molecule has 0 unspecified atom stereocenters. The van der Waals surface area contributed by atoms with Crippen molar-refractivity contribution in [3.8, 4) is 0 Å². The third-order valence-corrected chi connectivity index (χ3v) is 5.22. The first-order valence-electron chi connectivity index (χ1n) is 6.57. The van der Waals surface area contributed by atoms with Crippen LogP contribution in [0, 0.1) is 0 Å². The monoisotopic (exact) mass is 281 g/mol. The lowest BCUT2D eigenvalue weighted by Gasteiger charge is -2.29. The molecule has 106 valence electrons. The molecular formula is C14H23N3OS. The van der Waals surface area contributed by atoms with Crippen LogP contribution < -0.4 is 10.6 Å². The Morgan fingerprint density at radius 1 is 1.42 bits per heavy atom. The molecule has 19 heavy (non-hydrogen) atoms. The molecule has 0 atom stereocenters. The van der Waals surface area contributed by atoms with Gasteiger partial charge in [-0.05, 0) is 25.2 Å². The topological polar surface area (TPSA) is 54.0 Å². The summed E-state index contributed by atoms with van der Waals surface area (Å²) in [6, 6.07) is 1.80. The number of thioether (sulfide) groups is 1. The molecule has 1 amide bonds. The summed E-state index contributed by atoms with van der Waals surface area (Å²) in [6.07, 6.45) is 7.45. The van der Waals surface area contributed by atoms with Crippen molar-refractivity contribution in [1.82, 2.24) is 10.3 Å². The summed E-state index contributed by atoms with van der Waals surface area (Å²) < 4.78 is 0.123. The number of pyridine rings is 1. The summed E-state index contributed by atoms with van der Waals surface area (Å²) in [5.74, 6) is -0.0715. The molecule has 5 heteroatoms. The largest absolute Gasteiger partial charge is 0.387 e. The number of amides is 1. The van der Waals surface area contributed by atoms with Crippen LogP contribution in [0.1, 0.15) is 37.0 Å². The second-order valence-electron chi connectivity index (χ2n) is 4.45. The van der Waals surface area contributed by atoms with Crippen molar-refractivity contribution in [3.63, 3.8) is 0 Å². The summed E-state index contributed by atoms with van der Waals surface area (Å²) in [5.41, 5.74) is 1.39. The van der Waals surface area contributed by atoms with Gasteiger partial charge < -0.3 is 10.6 Å². The van der Waals surface area contributed by atoms with Crippen LogP contribution in [-0.2, 0) is 0 Å². The van der Waals surface area contributed by atoms with Crippen LogP contribution in [0.2, 0.25) is 0 Å². The predicted octanol–water partition coefficient (Wildman–Crippen LogP) is 2.77. The van der Waals surface area contributed by atoms with E-state index in [1.54, 1.807) is 25.5 Å². The summed E-state index contributed by atoms with van der Waals surface area (Å²) in [5, 5.41) is 6.04. The van der Waals surface area contributed by atoms with Gasteiger partial charge in [0.05, 0.1) is 5.56 Å². The third kappa shape index (κ3) is 3.86. The van der Waals surface area contributed by atoms with Crippen molar-refractivity contribution in [3.05, 3.63) is 24.0 Å². The molecule has 1 aromatic rings. The van der Waals surface area contributed by atoms with E-state index in [0.29, 0.717) is 12.1 Å². The van der Waals surface area contributed by atoms with Gasteiger partial charge in [-0.25, -0.2) is 0 Å². The normalized spacial score (nSPS) is 11.2. The standard InChI is InChI=1S/C14H23N3OS/c1-5-14(6-2,19-4)10-17-13(18)11-9-16-8-7-12(11)15-3/h7-9H,5-6,10H2,1-4H3,(H,15,16)(H,17,18). The van der Waals surface area contributed by atoms with E-state index in [-0.39, 0.29) is 10.7 Å². The van der Waals surface area contributed by atoms with Gasteiger partial charge in [-0.15, -0.1) is 0 Å². The maximum atomic E-state index is 12.2. The van der Waals surface area contributed by atoms with Gasteiger partial charge in [0, 0.05) is 36.4 Å². The second-order valence-corrected chi connectivity index (χ2v) is 5.72. The van der Waals surface area contributed by atoms with Crippen LogP contribution >= 0.6 is 11.8 Å². The zero-order chi connectivity index (χ0) is 14.3. The molecule has 0 aliphatic heterocycles. The van der Waals surface area contributed by atoms with Gasteiger partial charge in [0.1, 0.15) is 0 Å². The van der Waals surface area contributed by atoms with E-state index >= 15 is 0 Å². The number of hydrogen-bond acceptors (Lipinski definition) is 4. The smallest absolute Gasteiger partial charge is 0.255 e. The Hall–Kier alpha value is -1.23. The lowest BCUT2D eigenvalue weighted by Crippen LogP contribution is -2.39. The van der Waals surface area contributed by atoms with Crippen LogP contribution in [0.3, 0.4) is 0 Å². The van der Waals surface area contributed by atoms with Gasteiger partial charge in [0.25, 0.3) is 5.91 Å². The van der Waals surface area contributed by atoms with Crippen molar-refractivity contribution < 1.29 is 4.79 Å². The number of rotatable bonds is 7. The minimum atomic E-state index is -0.0715. The Morgan fingerprint density at radius 2 is 2.11 bits per heavy atom. The highest BCUT2D eigenvalue weighted by Crippen LogP contribution is 2.29. The van der Waals surface area contributed by atoms with E-state index in [2.05, 4.69) is 35.7 Å². The van der Waals surface area contributed by atoms with Gasteiger partial charge in [-0.3, -0.25) is 9.78 Å². The van der Waals surface area contributed by atoms with E-state index in [1.165, 1.54) is 0 Å². The zero-order valence-corrected chi connectivity index (χ0v) is 12.9. The van der Waals surface area contributed by atoms with Gasteiger partial charge in [0.2, 0.25) is 0 Å². The molecular weight excluding hydrogens is 258 g/mol. The van der Waals surface area contributed by atoms with Gasteiger partial charge in [-0.1, -0.05) is 13.8 Å². The summed E-state index contributed by atoms with van der Waals surface area (Å²) in [6.45, 7) is 5.00. The highest BCUT2D eigenvalue weighted by Gasteiger charge is 2.25. The molecule has 0 saturated carbocycles. The minimum absolute atomic E-state index is 0.0715. The number of carbonyl (C=O) groups excluding carboxylic acids is 1. The molecule has 0 radical (unpaired) electrons. The fraction of sp³-hybridized carbons (Fsp3) is 0.571. The van der Waals surface area contributed by atoms with Gasteiger partial charge in [-0.2, -0.15) is 11.8 Å². The lowest BCUT2D eigenvalue weighted by molar-refractivity contribution is 0.0949. The quantitative estimate of drug-likeness (QED) is 0.807. The first-order valence-corrected chi connectivity index (χ1v) is 7.80. The summed E-state index contributed by atoms with van der Waals surface area (Å²) in [7, 11) is 1.80. The third-order valence-electron chi connectivity index (χ3n) is 3.63. The SMILES string of the molecule is CCC(CC)(CNC(=O)c1cnccc1NC)SC. The van der Waals surface area contributed by atoms with E-state index in [4.69, 9.17) is 0 Å². The predicted molar refractivity (Wildman–Crippen MR) is 82.9 cm³/mol. The number of nitrogens with one attached hydrogen (secondary N) is 2. The summed E-state index contributed by atoms with van der Waals surface area (Å²) in [4.78, 5) is 16.2. The summed E-state index contributed by atoms with van der Waals surface area (Å²) >= 11 is 1.82. The molecule has 0 aliphatic carbocycles. The number of anilines is 1. The molecule has 1 rings (SSSR count). The zero-order valence-electron chi connectivity index (χ0n) is 12.1. The van der Waals surface area contributed by atoms with Crippen molar-refractivity contribution in [2.24, 2.45) is 0 Å². The molecule has 0 aromatic carbocycles. The van der Waals surface area contributed by atoms with Crippen LogP contribution in [0.15, 0.2) is 18.5 Å². The molecule has 4 nitrogen and oxygen atoms in total. The van der Waals surface area contributed by atoms with Crippen LogP contribution in [-0.4, -0.2) is 35.5 Å².